The molecule has 1 saturated carbocycles. The molecule has 40 heavy (non-hydrogen) atoms. The highest BCUT2D eigenvalue weighted by atomic mass is 19.4. The monoisotopic (exact) mass is 563 g/mol. The minimum Gasteiger partial charge on any atom is -0.366 e. The SMILES string of the molecule is Cc1nc2nc(N3C[C@H](c4cnn(C(F)F)c4)O[C@@H](C4CC4)C3)nc(-c3ccc(C(F)(F)F)cc3F)c2nc1C. The Morgan fingerprint density at radius 2 is 1.75 bits per heavy atom. The smallest absolute Gasteiger partial charge is 0.366 e. The molecule has 2 atom stereocenters. The summed E-state index contributed by atoms with van der Waals surface area (Å²) >= 11 is 0. The number of morpholine rings is 1. The van der Waals surface area contributed by atoms with Gasteiger partial charge in [-0.3, -0.25) is 0 Å². The third kappa shape index (κ3) is 4.95. The molecule has 14 heteroatoms. The maximum absolute atomic E-state index is 15.2. The first-order valence-electron chi connectivity index (χ1n) is 12.6. The van der Waals surface area contributed by atoms with Crippen LogP contribution in [0.1, 0.15) is 48.0 Å². The molecule has 0 N–H and O–H groups in total. The zero-order chi connectivity index (χ0) is 28.3. The zero-order valence-electron chi connectivity index (χ0n) is 21.3. The number of nitrogens with zero attached hydrogens (tertiary/aromatic N) is 7. The van der Waals surface area contributed by atoms with Crippen LogP contribution in [0.25, 0.3) is 22.4 Å². The first kappa shape index (κ1) is 26.4. The fourth-order valence-corrected chi connectivity index (χ4v) is 4.80. The predicted octanol–water partition coefficient (Wildman–Crippen LogP) is 5.81. The Labute approximate surface area is 224 Å². The Kier molecular flexibility index (Phi) is 6.39. The molecule has 1 aromatic carbocycles. The van der Waals surface area contributed by atoms with E-state index in [9.17, 15) is 22.0 Å². The Bertz CT molecular complexity index is 1590. The summed E-state index contributed by atoms with van der Waals surface area (Å²) in [5.41, 5.74) is 0.556. The van der Waals surface area contributed by atoms with Crippen molar-refractivity contribution in [2.75, 3.05) is 18.0 Å². The van der Waals surface area contributed by atoms with Gasteiger partial charge in [0.15, 0.2) is 5.65 Å². The molecule has 8 nitrogen and oxygen atoms in total. The summed E-state index contributed by atoms with van der Waals surface area (Å²) in [6, 6.07) is 2.23. The van der Waals surface area contributed by atoms with E-state index in [1.165, 1.54) is 12.4 Å². The molecule has 2 aliphatic rings. The predicted molar refractivity (Wildman–Crippen MR) is 131 cm³/mol. The normalized spacial score (nSPS) is 20.1. The second-order valence-corrected chi connectivity index (χ2v) is 10.1. The average molecular weight is 564 g/mol. The minimum absolute atomic E-state index is 0.00152. The van der Waals surface area contributed by atoms with Crippen LogP contribution < -0.4 is 4.90 Å². The van der Waals surface area contributed by atoms with Gasteiger partial charge in [0.1, 0.15) is 23.1 Å². The van der Waals surface area contributed by atoms with E-state index in [0.29, 0.717) is 34.2 Å². The number of anilines is 1. The first-order valence-corrected chi connectivity index (χ1v) is 12.6. The molecule has 6 rings (SSSR count). The molecule has 210 valence electrons. The summed E-state index contributed by atoms with van der Waals surface area (Å²) in [5, 5.41) is 3.72. The lowest BCUT2D eigenvalue weighted by Gasteiger charge is -2.38. The molecular formula is C26H23F6N7O. The van der Waals surface area contributed by atoms with Crippen molar-refractivity contribution in [3.8, 4) is 11.3 Å². The van der Waals surface area contributed by atoms with Crippen LogP contribution in [0.2, 0.25) is 0 Å². The number of benzene rings is 1. The summed E-state index contributed by atoms with van der Waals surface area (Å²) in [6.45, 7) is 1.19. The summed E-state index contributed by atoms with van der Waals surface area (Å²) in [6.07, 6.45) is -1.13. The Morgan fingerprint density at radius 1 is 1.00 bits per heavy atom. The molecular weight excluding hydrogens is 540 g/mol. The molecule has 2 fully saturated rings. The maximum atomic E-state index is 15.2. The molecule has 0 unspecified atom stereocenters. The lowest BCUT2D eigenvalue weighted by molar-refractivity contribution is -0.137. The number of aromatic nitrogens is 6. The summed E-state index contributed by atoms with van der Waals surface area (Å²) in [7, 11) is 0. The van der Waals surface area contributed by atoms with E-state index in [0.717, 1.165) is 25.0 Å². The van der Waals surface area contributed by atoms with E-state index in [1.807, 2.05) is 0 Å². The van der Waals surface area contributed by atoms with Gasteiger partial charge in [-0.15, -0.1) is 0 Å². The van der Waals surface area contributed by atoms with E-state index in [1.54, 1.807) is 18.7 Å². The number of hydrogen-bond donors (Lipinski definition) is 0. The zero-order valence-corrected chi connectivity index (χ0v) is 21.3. The van der Waals surface area contributed by atoms with E-state index in [4.69, 9.17) is 4.74 Å². The van der Waals surface area contributed by atoms with Gasteiger partial charge in [-0.05, 0) is 50.8 Å². The number of hydrogen-bond acceptors (Lipinski definition) is 7. The number of ether oxygens (including phenoxy) is 1. The van der Waals surface area contributed by atoms with Crippen LogP contribution in [0.3, 0.4) is 0 Å². The fourth-order valence-electron chi connectivity index (χ4n) is 4.80. The second kappa shape index (κ2) is 9.68. The second-order valence-electron chi connectivity index (χ2n) is 10.1. The fraction of sp³-hybridized carbons (Fsp3) is 0.423. The van der Waals surface area contributed by atoms with Crippen molar-refractivity contribution < 1.29 is 31.1 Å². The lowest BCUT2D eigenvalue weighted by atomic mass is 10.1. The number of halogens is 6. The molecule has 1 saturated heterocycles. The van der Waals surface area contributed by atoms with Gasteiger partial charge in [-0.1, -0.05) is 0 Å². The Balaban J connectivity index is 1.45. The topological polar surface area (TPSA) is 81.9 Å². The lowest BCUT2D eigenvalue weighted by Crippen LogP contribution is -2.45. The molecule has 4 aromatic rings. The van der Waals surface area contributed by atoms with Crippen LogP contribution >= 0.6 is 0 Å². The average Bonchev–Trinajstić information content (AvgIpc) is 3.63. The van der Waals surface area contributed by atoms with Gasteiger partial charge in [0.25, 0.3) is 0 Å². The first-order chi connectivity index (χ1) is 19.0. The molecule has 0 radical (unpaired) electrons. The summed E-state index contributed by atoms with van der Waals surface area (Å²) < 4.78 is 87.9. The van der Waals surface area contributed by atoms with E-state index in [-0.39, 0.29) is 46.9 Å². The summed E-state index contributed by atoms with van der Waals surface area (Å²) in [5.74, 6) is -0.692. The molecule has 3 aromatic heterocycles. The third-order valence-electron chi connectivity index (χ3n) is 7.23. The third-order valence-corrected chi connectivity index (χ3v) is 7.23. The van der Waals surface area contributed by atoms with Crippen molar-refractivity contribution in [3.63, 3.8) is 0 Å². The van der Waals surface area contributed by atoms with Gasteiger partial charge in [0.2, 0.25) is 5.95 Å². The Hall–Kier alpha value is -3.81. The molecule has 0 amide bonds. The van der Waals surface area contributed by atoms with Crippen LogP contribution in [0.15, 0.2) is 30.6 Å². The summed E-state index contributed by atoms with van der Waals surface area (Å²) in [4.78, 5) is 20.0. The molecule has 1 aliphatic heterocycles. The van der Waals surface area contributed by atoms with Crippen molar-refractivity contribution >= 4 is 17.1 Å². The molecule has 0 bridgehead atoms. The van der Waals surface area contributed by atoms with Gasteiger partial charge in [-0.2, -0.15) is 32.0 Å². The number of rotatable bonds is 5. The van der Waals surface area contributed by atoms with Gasteiger partial charge in [-0.25, -0.2) is 24.0 Å². The van der Waals surface area contributed by atoms with Crippen LogP contribution in [0.5, 0.6) is 0 Å². The van der Waals surface area contributed by atoms with Crippen LogP contribution in [0.4, 0.5) is 32.3 Å². The van der Waals surface area contributed by atoms with Gasteiger partial charge in [0.05, 0.1) is 35.8 Å². The number of aryl methyl sites for hydroxylation is 2. The quantitative estimate of drug-likeness (QED) is 0.284. The standard InChI is InChI=1S/C26H23F6N7O/c1-12-13(2)35-23-22(34-12)21(17-6-5-16(7-18(17)27)26(30,31)32)36-25(37-23)38-10-19(14-3-4-14)40-20(11-38)15-8-33-39(9-15)24(28)29/h5-9,14,19-20,24H,3-4,10-11H2,1-2H3/t19-,20-/m1/s1. The van der Waals surface area contributed by atoms with Crippen molar-refractivity contribution in [1.29, 1.82) is 0 Å². The number of alkyl halides is 5. The van der Waals surface area contributed by atoms with Gasteiger partial charge >= 0.3 is 12.7 Å². The highest BCUT2D eigenvalue weighted by Gasteiger charge is 2.40. The van der Waals surface area contributed by atoms with Crippen molar-refractivity contribution in [3.05, 3.63) is 58.9 Å². The van der Waals surface area contributed by atoms with E-state index < -0.39 is 30.2 Å². The van der Waals surface area contributed by atoms with Crippen LogP contribution in [-0.4, -0.2) is 48.9 Å². The highest BCUT2D eigenvalue weighted by Crippen LogP contribution is 2.41. The highest BCUT2D eigenvalue weighted by molar-refractivity contribution is 5.88. The van der Waals surface area contributed by atoms with Gasteiger partial charge < -0.3 is 9.64 Å². The van der Waals surface area contributed by atoms with Gasteiger partial charge in [0, 0.05) is 23.9 Å². The van der Waals surface area contributed by atoms with Crippen molar-refractivity contribution in [2.24, 2.45) is 5.92 Å². The van der Waals surface area contributed by atoms with Crippen LogP contribution in [-0.2, 0) is 10.9 Å². The van der Waals surface area contributed by atoms with E-state index >= 15 is 4.39 Å². The molecule has 1 aliphatic carbocycles. The minimum atomic E-state index is -4.72. The van der Waals surface area contributed by atoms with E-state index in [2.05, 4.69) is 25.0 Å². The Morgan fingerprint density at radius 3 is 2.40 bits per heavy atom. The van der Waals surface area contributed by atoms with Crippen LogP contribution in [0, 0.1) is 25.6 Å². The number of fused-ring (bicyclic) bond motifs is 1. The van der Waals surface area contributed by atoms with Crippen molar-refractivity contribution in [2.45, 2.75) is 51.6 Å². The molecule has 4 heterocycles. The maximum Gasteiger partial charge on any atom is 0.416 e. The largest absolute Gasteiger partial charge is 0.416 e. The molecule has 0 spiro atoms. The van der Waals surface area contributed by atoms with Crippen molar-refractivity contribution in [1.82, 2.24) is 29.7 Å².